The van der Waals surface area contributed by atoms with Crippen molar-refractivity contribution in [3.05, 3.63) is 35.4 Å². The van der Waals surface area contributed by atoms with Crippen LogP contribution in [-0.4, -0.2) is 74.7 Å². The van der Waals surface area contributed by atoms with E-state index < -0.39 is 0 Å². The number of amides is 1. The van der Waals surface area contributed by atoms with E-state index in [1.54, 1.807) is 0 Å². The van der Waals surface area contributed by atoms with Crippen molar-refractivity contribution in [1.82, 2.24) is 15.1 Å². The van der Waals surface area contributed by atoms with Crippen LogP contribution in [0.15, 0.2) is 24.3 Å². The molecule has 2 aliphatic heterocycles. The number of carbonyl (C=O) groups is 1. The molecular weight excluding hydrogens is 314 g/mol. The van der Waals surface area contributed by atoms with Crippen LogP contribution in [0.4, 0.5) is 0 Å². The Morgan fingerprint density at radius 2 is 2.12 bits per heavy atom. The minimum Gasteiger partial charge on any atom is -0.379 e. The molecule has 1 atom stereocenters. The van der Waals surface area contributed by atoms with Gasteiger partial charge in [-0.05, 0) is 43.9 Å². The third-order valence-corrected chi connectivity index (χ3v) is 5.37. The molecule has 0 radical (unpaired) electrons. The minimum atomic E-state index is 0.187. The van der Waals surface area contributed by atoms with Gasteiger partial charge in [0.1, 0.15) is 0 Å². The van der Waals surface area contributed by atoms with Crippen molar-refractivity contribution in [2.45, 2.75) is 25.7 Å². The standard InChI is InChI=1S/C20H31N3O2/c1-2-23(11-5-10-22-12-14-25-15-13-22)20(24)19-7-4-3-6-18(19)17-8-9-21-16-17/h3-4,6-7,17,21H,2,5,8-16H2,1H3/t17-/m0/s1. The lowest BCUT2D eigenvalue weighted by Crippen LogP contribution is -2.39. The Labute approximate surface area is 151 Å². The first-order valence-electron chi connectivity index (χ1n) is 9.68. The Morgan fingerprint density at radius 1 is 1.32 bits per heavy atom. The van der Waals surface area contributed by atoms with Gasteiger partial charge in [-0.15, -0.1) is 0 Å². The van der Waals surface area contributed by atoms with Crippen LogP contribution < -0.4 is 5.32 Å². The summed E-state index contributed by atoms with van der Waals surface area (Å²) < 4.78 is 5.39. The van der Waals surface area contributed by atoms with Gasteiger partial charge in [0, 0.05) is 44.8 Å². The fourth-order valence-corrected chi connectivity index (χ4v) is 3.85. The van der Waals surface area contributed by atoms with Crippen molar-refractivity contribution in [2.24, 2.45) is 0 Å². The molecule has 2 aliphatic rings. The predicted octanol–water partition coefficient (Wildman–Crippen LogP) is 1.95. The van der Waals surface area contributed by atoms with Crippen molar-refractivity contribution in [3.63, 3.8) is 0 Å². The summed E-state index contributed by atoms with van der Waals surface area (Å²) in [7, 11) is 0. The zero-order valence-electron chi connectivity index (χ0n) is 15.4. The van der Waals surface area contributed by atoms with Crippen LogP contribution >= 0.6 is 0 Å². The molecule has 0 aliphatic carbocycles. The lowest BCUT2D eigenvalue weighted by Gasteiger charge is -2.28. The second-order valence-electron chi connectivity index (χ2n) is 6.97. The summed E-state index contributed by atoms with van der Waals surface area (Å²) in [5, 5.41) is 3.41. The van der Waals surface area contributed by atoms with Crippen LogP contribution in [0.25, 0.3) is 0 Å². The molecule has 1 aromatic rings. The summed E-state index contributed by atoms with van der Waals surface area (Å²) in [6, 6.07) is 8.17. The van der Waals surface area contributed by atoms with Gasteiger partial charge in [-0.25, -0.2) is 0 Å². The van der Waals surface area contributed by atoms with Crippen molar-refractivity contribution in [3.8, 4) is 0 Å². The zero-order chi connectivity index (χ0) is 17.5. The van der Waals surface area contributed by atoms with E-state index in [4.69, 9.17) is 4.74 Å². The van der Waals surface area contributed by atoms with E-state index in [2.05, 4.69) is 29.3 Å². The van der Waals surface area contributed by atoms with Crippen LogP contribution in [0.1, 0.15) is 41.6 Å². The molecule has 138 valence electrons. The van der Waals surface area contributed by atoms with Crippen molar-refractivity contribution >= 4 is 5.91 Å². The van der Waals surface area contributed by atoms with Crippen LogP contribution in [0.5, 0.6) is 0 Å². The van der Waals surface area contributed by atoms with Crippen molar-refractivity contribution < 1.29 is 9.53 Å². The third kappa shape index (κ3) is 4.81. The number of ether oxygens (including phenoxy) is 1. The molecule has 3 rings (SSSR count). The molecule has 2 heterocycles. The largest absolute Gasteiger partial charge is 0.379 e. The highest BCUT2D eigenvalue weighted by molar-refractivity contribution is 5.96. The number of rotatable bonds is 7. The van der Waals surface area contributed by atoms with E-state index >= 15 is 0 Å². The summed E-state index contributed by atoms with van der Waals surface area (Å²) >= 11 is 0. The van der Waals surface area contributed by atoms with Gasteiger partial charge >= 0.3 is 0 Å². The maximum atomic E-state index is 13.1. The van der Waals surface area contributed by atoms with Gasteiger partial charge in [0.05, 0.1) is 13.2 Å². The fourth-order valence-electron chi connectivity index (χ4n) is 3.85. The molecule has 5 nitrogen and oxygen atoms in total. The molecular formula is C20H31N3O2. The number of morpholine rings is 1. The molecule has 0 spiro atoms. The van der Waals surface area contributed by atoms with Crippen LogP contribution in [0.3, 0.4) is 0 Å². The summed E-state index contributed by atoms with van der Waals surface area (Å²) in [5.74, 6) is 0.652. The fraction of sp³-hybridized carbons (Fsp3) is 0.650. The molecule has 0 saturated carbocycles. The van der Waals surface area contributed by atoms with Gasteiger partial charge in [-0.1, -0.05) is 18.2 Å². The number of hydrogen-bond donors (Lipinski definition) is 1. The number of benzene rings is 1. The topological polar surface area (TPSA) is 44.8 Å². The first kappa shape index (κ1) is 18.4. The van der Waals surface area contributed by atoms with Crippen molar-refractivity contribution in [1.29, 1.82) is 0 Å². The Bertz CT molecular complexity index is 552. The molecule has 1 N–H and O–H groups in total. The van der Waals surface area contributed by atoms with Crippen LogP contribution in [0.2, 0.25) is 0 Å². The first-order valence-corrected chi connectivity index (χ1v) is 9.68. The quantitative estimate of drug-likeness (QED) is 0.820. The molecule has 0 unspecified atom stereocenters. The van der Waals surface area contributed by atoms with Crippen LogP contribution in [0, 0.1) is 0 Å². The highest BCUT2D eigenvalue weighted by Gasteiger charge is 2.24. The lowest BCUT2D eigenvalue weighted by molar-refractivity contribution is 0.0358. The molecule has 2 fully saturated rings. The Morgan fingerprint density at radius 3 is 2.84 bits per heavy atom. The number of carbonyl (C=O) groups excluding carboxylic acids is 1. The second-order valence-corrected chi connectivity index (χ2v) is 6.97. The maximum absolute atomic E-state index is 13.1. The molecule has 5 heteroatoms. The van der Waals surface area contributed by atoms with Crippen molar-refractivity contribution in [2.75, 3.05) is 59.0 Å². The SMILES string of the molecule is CCN(CCCN1CCOCC1)C(=O)c1ccccc1[C@H]1CCNC1. The Kier molecular flexibility index (Phi) is 6.84. The summed E-state index contributed by atoms with van der Waals surface area (Å²) in [6.45, 7) is 10.4. The number of hydrogen-bond acceptors (Lipinski definition) is 4. The molecule has 1 amide bonds. The summed E-state index contributed by atoms with van der Waals surface area (Å²) in [4.78, 5) is 17.5. The minimum absolute atomic E-state index is 0.187. The Hall–Kier alpha value is -1.43. The molecule has 2 saturated heterocycles. The van der Waals surface area contributed by atoms with Gasteiger partial charge in [0.15, 0.2) is 0 Å². The van der Waals surface area contributed by atoms with E-state index in [-0.39, 0.29) is 5.91 Å². The van der Waals surface area contributed by atoms with Gasteiger partial charge in [0.25, 0.3) is 5.91 Å². The first-order chi connectivity index (χ1) is 12.3. The van der Waals surface area contributed by atoms with Gasteiger partial charge in [-0.2, -0.15) is 0 Å². The average molecular weight is 345 g/mol. The Balaban J connectivity index is 1.59. The summed E-state index contributed by atoms with van der Waals surface area (Å²) in [6.07, 6.45) is 2.14. The normalized spacial score (nSPS) is 21.4. The van der Waals surface area contributed by atoms with E-state index in [1.807, 2.05) is 17.0 Å². The van der Waals surface area contributed by atoms with Gasteiger partial charge in [-0.3, -0.25) is 9.69 Å². The molecule has 25 heavy (non-hydrogen) atoms. The molecule has 0 bridgehead atoms. The van der Waals surface area contributed by atoms with E-state index in [9.17, 15) is 4.79 Å². The number of nitrogens with one attached hydrogen (secondary N) is 1. The predicted molar refractivity (Wildman–Crippen MR) is 100 cm³/mol. The smallest absolute Gasteiger partial charge is 0.254 e. The van der Waals surface area contributed by atoms with Gasteiger partial charge in [0.2, 0.25) is 0 Å². The highest BCUT2D eigenvalue weighted by atomic mass is 16.5. The number of nitrogens with zero attached hydrogens (tertiary/aromatic N) is 2. The van der Waals surface area contributed by atoms with E-state index in [1.165, 1.54) is 5.56 Å². The summed E-state index contributed by atoms with van der Waals surface area (Å²) in [5.41, 5.74) is 2.11. The van der Waals surface area contributed by atoms with E-state index in [0.717, 1.165) is 77.4 Å². The van der Waals surface area contributed by atoms with Gasteiger partial charge < -0.3 is 15.0 Å². The maximum Gasteiger partial charge on any atom is 0.254 e. The zero-order valence-corrected chi connectivity index (χ0v) is 15.4. The van der Waals surface area contributed by atoms with E-state index in [0.29, 0.717) is 5.92 Å². The average Bonchev–Trinajstić information content (AvgIpc) is 3.20. The highest BCUT2D eigenvalue weighted by Crippen LogP contribution is 2.26. The lowest BCUT2D eigenvalue weighted by atomic mass is 9.93. The third-order valence-electron chi connectivity index (χ3n) is 5.37. The monoisotopic (exact) mass is 345 g/mol. The van der Waals surface area contributed by atoms with Crippen LogP contribution in [-0.2, 0) is 4.74 Å². The second kappa shape index (κ2) is 9.32. The molecule has 1 aromatic carbocycles. The molecule has 0 aromatic heterocycles.